The van der Waals surface area contributed by atoms with E-state index in [0.29, 0.717) is 17.8 Å². The lowest BCUT2D eigenvalue weighted by molar-refractivity contribution is 0.0882. The van der Waals surface area contributed by atoms with Crippen molar-refractivity contribution in [3.63, 3.8) is 0 Å². The molecule has 4 atom stereocenters. The average Bonchev–Trinajstić information content (AvgIpc) is 3.09. The zero-order valence-corrected chi connectivity index (χ0v) is 10.3. The quantitative estimate of drug-likeness (QED) is 0.800. The fourth-order valence-electron chi connectivity index (χ4n) is 2.72. The van der Waals surface area contributed by atoms with Crippen molar-refractivity contribution in [1.29, 1.82) is 0 Å². The lowest BCUT2D eigenvalue weighted by Gasteiger charge is -2.18. The average molecular weight is 218 g/mol. The van der Waals surface area contributed by atoms with Crippen molar-refractivity contribution < 1.29 is 5.11 Å². The molecule has 0 saturated heterocycles. The van der Waals surface area contributed by atoms with E-state index in [9.17, 15) is 5.11 Å². The van der Waals surface area contributed by atoms with Gasteiger partial charge in [0.2, 0.25) is 0 Å². The van der Waals surface area contributed by atoms with Crippen LogP contribution in [0.2, 0.25) is 0 Å². The molecule has 0 bridgehead atoms. The summed E-state index contributed by atoms with van der Waals surface area (Å²) in [6.07, 6.45) is 3.37. The van der Waals surface area contributed by atoms with Crippen LogP contribution in [0.1, 0.15) is 44.6 Å². The Balaban J connectivity index is 1.91. The Bertz CT molecular complexity index is 319. The zero-order valence-electron chi connectivity index (χ0n) is 10.3. The molecule has 1 saturated carbocycles. The second-order valence-corrected chi connectivity index (χ2v) is 5.17. The molecule has 1 nitrogen and oxygen atoms in total. The molecule has 1 aliphatic carbocycles. The molecule has 1 heteroatoms. The fourth-order valence-corrected chi connectivity index (χ4v) is 2.72. The molecule has 1 N–H and O–H groups in total. The summed E-state index contributed by atoms with van der Waals surface area (Å²) >= 11 is 0. The predicted octanol–water partition coefficient (Wildman–Crippen LogP) is 3.59. The van der Waals surface area contributed by atoms with E-state index in [0.717, 1.165) is 6.42 Å². The van der Waals surface area contributed by atoms with Gasteiger partial charge in [0.1, 0.15) is 0 Å². The van der Waals surface area contributed by atoms with Crippen molar-refractivity contribution in [2.45, 2.75) is 45.1 Å². The summed E-state index contributed by atoms with van der Waals surface area (Å²) in [6.45, 7) is 4.36. The van der Waals surface area contributed by atoms with E-state index in [4.69, 9.17) is 0 Å². The van der Waals surface area contributed by atoms with Crippen molar-refractivity contribution in [2.75, 3.05) is 0 Å². The van der Waals surface area contributed by atoms with Crippen molar-refractivity contribution in [3.05, 3.63) is 35.9 Å². The van der Waals surface area contributed by atoms with Gasteiger partial charge >= 0.3 is 0 Å². The first-order valence-electron chi connectivity index (χ1n) is 6.47. The highest BCUT2D eigenvalue weighted by molar-refractivity contribution is 5.26. The number of rotatable bonds is 5. The van der Waals surface area contributed by atoms with Gasteiger partial charge in [-0.2, -0.15) is 0 Å². The lowest BCUT2D eigenvalue weighted by atomic mass is 9.94. The minimum Gasteiger partial charge on any atom is -0.393 e. The van der Waals surface area contributed by atoms with E-state index in [2.05, 4.69) is 44.2 Å². The Morgan fingerprint density at radius 2 is 2.00 bits per heavy atom. The first-order valence-corrected chi connectivity index (χ1v) is 6.47. The van der Waals surface area contributed by atoms with Crippen LogP contribution in [0.3, 0.4) is 0 Å². The number of aliphatic hydroxyl groups excluding tert-OH is 1. The van der Waals surface area contributed by atoms with Crippen LogP contribution in [-0.2, 0) is 0 Å². The highest BCUT2D eigenvalue weighted by Gasteiger charge is 2.44. The van der Waals surface area contributed by atoms with E-state index < -0.39 is 0 Å². The van der Waals surface area contributed by atoms with Crippen LogP contribution in [0.25, 0.3) is 0 Å². The SMILES string of the molecule is CCCC(C)C(O)C1CC1c1ccccc1. The summed E-state index contributed by atoms with van der Waals surface area (Å²) in [5, 5.41) is 10.2. The van der Waals surface area contributed by atoms with Gasteiger partial charge in [-0.3, -0.25) is 0 Å². The molecule has 2 rings (SSSR count). The third kappa shape index (κ3) is 2.46. The van der Waals surface area contributed by atoms with Crippen LogP contribution in [0, 0.1) is 11.8 Å². The molecule has 1 aromatic rings. The first-order chi connectivity index (χ1) is 7.74. The highest BCUT2D eigenvalue weighted by Crippen LogP contribution is 2.51. The van der Waals surface area contributed by atoms with E-state index in [-0.39, 0.29) is 6.10 Å². The van der Waals surface area contributed by atoms with Gasteiger partial charge in [-0.15, -0.1) is 0 Å². The molecular formula is C15H22O. The van der Waals surface area contributed by atoms with Crippen LogP contribution in [0.15, 0.2) is 30.3 Å². The molecule has 0 spiro atoms. The monoisotopic (exact) mass is 218 g/mol. The van der Waals surface area contributed by atoms with Crippen LogP contribution in [0.4, 0.5) is 0 Å². The van der Waals surface area contributed by atoms with E-state index in [1.165, 1.54) is 18.4 Å². The van der Waals surface area contributed by atoms with Crippen molar-refractivity contribution in [2.24, 2.45) is 11.8 Å². The Morgan fingerprint density at radius 1 is 1.31 bits per heavy atom. The number of benzene rings is 1. The summed E-state index contributed by atoms with van der Waals surface area (Å²) in [5.74, 6) is 1.56. The number of aliphatic hydroxyl groups is 1. The van der Waals surface area contributed by atoms with Crippen LogP contribution < -0.4 is 0 Å². The third-order valence-electron chi connectivity index (χ3n) is 3.83. The molecule has 0 heterocycles. The van der Waals surface area contributed by atoms with E-state index >= 15 is 0 Å². The normalized spacial score (nSPS) is 27.4. The summed E-state index contributed by atoms with van der Waals surface area (Å²) in [5.41, 5.74) is 1.40. The minimum absolute atomic E-state index is 0.106. The maximum absolute atomic E-state index is 10.2. The van der Waals surface area contributed by atoms with Gasteiger partial charge in [0.25, 0.3) is 0 Å². The Morgan fingerprint density at radius 3 is 2.62 bits per heavy atom. The van der Waals surface area contributed by atoms with Crippen LogP contribution in [-0.4, -0.2) is 11.2 Å². The van der Waals surface area contributed by atoms with Gasteiger partial charge in [0.05, 0.1) is 6.10 Å². The second kappa shape index (κ2) is 5.01. The first kappa shape index (κ1) is 11.7. The van der Waals surface area contributed by atoms with Gasteiger partial charge in [0.15, 0.2) is 0 Å². The molecule has 88 valence electrons. The van der Waals surface area contributed by atoms with Crippen LogP contribution >= 0.6 is 0 Å². The van der Waals surface area contributed by atoms with Gasteiger partial charge in [-0.1, -0.05) is 50.6 Å². The summed E-state index contributed by atoms with van der Waals surface area (Å²) in [7, 11) is 0. The van der Waals surface area contributed by atoms with Crippen molar-refractivity contribution in [3.8, 4) is 0 Å². The van der Waals surface area contributed by atoms with Gasteiger partial charge in [-0.25, -0.2) is 0 Å². The van der Waals surface area contributed by atoms with Gasteiger partial charge < -0.3 is 5.11 Å². The molecule has 0 aromatic heterocycles. The maximum Gasteiger partial charge on any atom is 0.0599 e. The molecule has 1 aliphatic rings. The molecule has 0 radical (unpaired) electrons. The molecule has 4 unspecified atom stereocenters. The van der Waals surface area contributed by atoms with Gasteiger partial charge in [0, 0.05) is 0 Å². The predicted molar refractivity (Wildman–Crippen MR) is 67.4 cm³/mol. The molecule has 0 amide bonds. The molecule has 1 fully saturated rings. The topological polar surface area (TPSA) is 20.2 Å². The molecule has 1 aromatic carbocycles. The molecule has 16 heavy (non-hydrogen) atoms. The Hall–Kier alpha value is -0.820. The standard InChI is InChI=1S/C15H22O/c1-3-7-11(2)15(16)14-10-13(14)12-8-5-4-6-9-12/h4-6,8-9,11,13-16H,3,7,10H2,1-2H3. The lowest BCUT2D eigenvalue weighted by Crippen LogP contribution is -2.20. The second-order valence-electron chi connectivity index (χ2n) is 5.17. The largest absolute Gasteiger partial charge is 0.393 e. The highest BCUT2D eigenvalue weighted by atomic mass is 16.3. The Kier molecular flexibility index (Phi) is 3.65. The zero-order chi connectivity index (χ0) is 11.5. The van der Waals surface area contributed by atoms with Crippen molar-refractivity contribution in [1.82, 2.24) is 0 Å². The van der Waals surface area contributed by atoms with E-state index in [1.807, 2.05) is 0 Å². The summed E-state index contributed by atoms with van der Waals surface area (Å²) < 4.78 is 0. The summed E-state index contributed by atoms with van der Waals surface area (Å²) in [6, 6.07) is 10.6. The summed E-state index contributed by atoms with van der Waals surface area (Å²) in [4.78, 5) is 0. The minimum atomic E-state index is -0.106. The maximum atomic E-state index is 10.2. The third-order valence-corrected chi connectivity index (χ3v) is 3.83. The number of hydrogen-bond acceptors (Lipinski definition) is 1. The van der Waals surface area contributed by atoms with E-state index in [1.54, 1.807) is 0 Å². The molecular weight excluding hydrogens is 196 g/mol. The Labute approximate surface area is 98.5 Å². The van der Waals surface area contributed by atoms with Crippen LogP contribution in [0.5, 0.6) is 0 Å². The van der Waals surface area contributed by atoms with Gasteiger partial charge in [-0.05, 0) is 36.2 Å². The fraction of sp³-hybridized carbons (Fsp3) is 0.600. The smallest absolute Gasteiger partial charge is 0.0599 e. The van der Waals surface area contributed by atoms with Crippen molar-refractivity contribution >= 4 is 0 Å². The molecule has 0 aliphatic heterocycles. The number of hydrogen-bond donors (Lipinski definition) is 1.